The second-order valence-corrected chi connectivity index (χ2v) is 5.49. The van der Waals surface area contributed by atoms with Gasteiger partial charge in [0.15, 0.2) is 0 Å². The Morgan fingerprint density at radius 1 is 1.41 bits per heavy atom. The molecule has 1 atom stereocenters. The van der Waals surface area contributed by atoms with E-state index in [1.54, 1.807) is 0 Å². The van der Waals surface area contributed by atoms with Crippen LogP contribution in [0.15, 0.2) is 0 Å². The van der Waals surface area contributed by atoms with Crippen LogP contribution in [-0.4, -0.2) is 62.0 Å². The Labute approximate surface area is 105 Å². The minimum absolute atomic E-state index is 0.0524. The molecule has 0 saturated carbocycles. The van der Waals surface area contributed by atoms with Gasteiger partial charge in [-0.05, 0) is 39.8 Å². The monoisotopic (exact) mass is 241 g/mol. The summed E-state index contributed by atoms with van der Waals surface area (Å²) < 4.78 is 0. The van der Waals surface area contributed by atoms with Crippen molar-refractivity contribution in [3.05, 3.63) is 0 Å². The molecule has 17 heavy (non-hydrogen) atoms. The summed E-state index contributed by atoms with van der Waals surface area (Å²) in [5, 5.41) is 3.29. The van der Waals surface area contributed by atoms with Crippen molar-refractivity contribution in [2.45, 2.75) is 32.7 Å². The van der Waals surface area contributed by atoms with Crippen molar-refractivity contribution in [1.29, 1.82) is 0 Å². The van der Waals surface area contributed by atoms with Gasteiger partial charge in [-0.1, -0.05) is 6.92 Å². The molecule has 1 rings (SSSR count). The third-order valence-corrected chi connectivity index (χ3v) is 3.48. The number of piperidine rings is 1. The van der Waals surface area contributed by atoms with Gasteiger partial charge in [-0.2, -0.15) is 0 Å². The molecule has 0 aromatic carbocycles. The van der Waals surface area contributed by atoms with E-state index < -0.39 is 0 Å². The highest BCUT2D eigenvalue weighted by Gasteiger charge is 2.23. The van der Waals surface area contributed by atoms with Gasteiger partial charge in [0.1, 0.15) is 0 Å². The molecule has 0 aliphatic carbocycles. The van der Waals surface area contributed by atoms with Crippen LogP contribution in [0.4, 0.5) is 0 Å². The van der Waals surface area contributed by atoms with Crippen molar-refractivity contribution in [3.63, 3.8) is 0 Å². The van der Waals surface area contributed by atoms with Crippen LogP contribution in [0.5, 0.6) is 0 Å². The highest BCUT2D eigenvalue weighted by molar-refractivity contribution is 5.81. The van der Waals surface area contributed by atoms with Gasteiger partial charge < -0.3 is 15.1 Å². The van der Waals surface area contributed by atoms with Crippen LogP contribution in [0, 0.1) is 5.92 Å². The fourth-order valence-corrected chi connectivity index (χ4v) is 2.09. The lowest BCUT2D eigenvalue weighted by atomic mass is 9.99. The maximum atomic E-state index is 12.1. The summed E-state index contributed by atoms with van der Waals surface area (Å²) in [5.41, 5.74) is 0. The molecule has 1 amide bonds. The molecule has 0 bridgehead atoms. The smallest absolute Gasteiger partial charge is 0.239 e. The van der Waals surface area contributed by atoms with E-state index in [-0.39, 0.29) is 11.9 Å². The lowest BCUT2D eigenvalue weighted by Crippen LogP contribution is -2.48. The van der Waals surface area contributed by atoms with Gasteiger partial charge in [-0.15, -0.1) is 0 Å². The molecule has 1 unspecified atom stereocenters. The molecule has 0 spiro atoms. The predicted octanol–water partition coefficient (Wildman–Crippen LogP) is 0.785. The van der Waals surface area contributed by atoms with Crippen molar-refractivity contribution < 1.29 is 4.79 Å². The first kappa shape index (κ1) is 14.5. The van der Waals surface area contributed by atoms with Crippen molar-refractivity contribution in [2.24, 2.45) is 5.92 Å². The van der Waals surface area contributed by atoms with Gasteiger partial charge in [-0.25, -0.2) is 0 Å². The number of nitrogens with zero attached hydrogens (tertiary/aromatic N) is 2. The summed E-state index contributed by atoms with van der Waals surface area (Å²) >= 11 is 0. The molecular formula is C13H27N3O. The fraction of sp³-hybridized carbons (Fsp3) is 0.923. The van der Waals surface area contributed by atoms with Crippen LogP contribution in [0.1, 0.15) is 26.7 Å². The Bertz CT molecular complexity index is 235. The second kappa shape index (κ2) is 6.97. The Hall–Kier alpha value is -0.610. The van der Waals surface area contributed by atoms with E-state index in [0.717, 1.165) is 44.9 Å². The lowest BCUT2D eigenvalue weighted by Gasteiger charge is -2.32. The fourth-order valence-electron chi connectivity index (χ4n) is 2.09. The summed E-state index contributed by atoms with van der Waals surface area (Å²) in [5.74, 6) is 1.03. The Morgan fingerprint density at radius 3 is 2.53 bits per heavy atom. The van der Waals surface area contributed by atoms with E-state index in [2.05, 4.69) is 17.1 Å². The standard InChI is InChI=1S/C13H27N3O/c1-11-5-8-16(9-6-11)13(17)12(2)14-7-10-15(3)4/h11-12,14H,5-10H2,1-4H3. The molecule has 4 nitrogen and oxygen atoms in total. The zero-order chi connectivity index (χ0) is 12.8. The normalized spacial score (nSPS) is 19.7. The van der Waals surface area contributed by atoms with E-state index in [9.17, 15) is 4.79 Å². The zero-order valence-electron chi connectivity index (χ0n) is 11.7. The van der Waals surface area contributed by atoms with Crippen LogP contribution in [0.3, 0.4) is 0 Å². The van der Waals surface area contributed by atoms with Crippen molar-refractivity contribution in [3.8, 4) is 0 Å². The number of hydrogen-bond acceptors (Lipinski definition) is 3. The molecule has 1 aliphatic rings. The predicted molar refractivity (Wildman–Crippen MR) is 71.0 cm³/mol. The number of nitrogens with one attached hydrogen (secondary N) is 1. The number of rotatable bonds is 5. The molecule has 4 heteroatoms. The summed E-state index contributed by atoms with van der Waals surface area (Å²) in [6, 6.07) is -0.0524. The van der Waals surface area contributed by atoms with E-state index in [4.69, 9.17) is 0 Å². The van der Waals surface area contributed by atoms with Crippen molar-refractivity contribution >= 4 is 5.91 Å². The zero-order valence-corrected chi connectivity index (χ0v) is 11.7. The average Bonchev–Trinajstić information content (AvgIpc) is 2.28. The van der Waals surface area contributed by atoms with Gasteiger partial charge in [0.2, 0.25) is 5.91 Å². The maximum Gasteiger partial charge on any atom is 0.239 e. The quantitative estimate of drug-likeness (QED) is 0.773. The number of carbonyl (C=O) groups excluding carboxylic acids is 1. The van der Waals surface area contributed by atoms with Gasteiger partial charge >= 0.3 is 0 Å². The minimum Gasteiger partial charge on any atom is -0.341 e. The molecule has 0 radical (unpaired) electrons. The number of amides is 1. The SMILES string of the molecule is CC1CCN(C(=O)C(C)NCCN(C)C)CC1. The first-order valence-corrected chi connectivity index (χ1v) is 6.67. The van der Waals surface area contributed by atoms with Crippen molar-refractivity contribution in [2.75, 3.05) is 40.3 Å². The molecular weight excluding hydrogens is 214 g/mol. The van der Waals surface area contributed by atoms with Gasteiger partial charge in [0.25, 0.3) is 0 Å². The molecule has 0 aromatic heterocycles. The van der Waals surface area contributed by atoms with Gasteiger partial charge in [-0.3, -0.25) is 4.79 Å². The number of hydrogen-bond donors (Lipinski definition) is 1. The Balaban J connectivity index is 2.26. The molecule has 0 aromatic rings. The minimum atomic E-state index is -0.0524. The van der Waals surface area contributed by atoms with Crippen LogP contribution in [0.25, 0.3) is 0 Å². The summed E-state index contributed by atoms with van der Waals surface area (Å²) in [7, 11) is 4.08. The van der Waals surface area contributed by atoms with Crippen molar-refractivity contribution in [1.82, 2.24) is 15.1 Å². The third-order valence-electron chi connectivity index (χ3n) is 3.48. The average molecular weight is 241 g/mol. The van der Waals surface area contributed by atoms with E-state index >= 15 is 0 Å². The van der Waals surface area contributed by atoms with E-state index in [0.29, 0.717) is 0 Å². The Morgan fingerprint density at radius 2 is 2.00 bits per heavy atom. The first-order valence-electron chi connectivity index (χ1n) is 6.67. The molecule has 100 valence electrons. The first-order chi connectivity index (χ1) is 8.00. The molecule has 1 saturated heterocycles. The highest BCUT2D eigenvalue weighted by Crippen LogP contribution is 2.16. The summed E-state index contributed by atoms with van der Waals surface area (Å²) in [6.45, 7) is 7.93. The lowest BCUT2D eigenvalue weighted by molar-refractivity contribution is -0.134. The third kappa shape index (κ3) is 5.04. The van der Waals surface area contributed by atoms with E-state index in [1.165, 1.54) is 0 Å². The van der Waals surface area contributed by atoms with Crippen LogP contribution in [-0.2, 0) is 4.79 Å². The molecule has 1 heterocycles. The highest BCUT2D eigenvalue weighted by atomic mass is 16.2. The largest absolute Gasteiger partial charge is 0.341 e. The second-order valence-electron chi connectivity index (χ2n) is 5.49. The van der Waals surface area contributed by atoms with Crippen LogP contribution >= 0.6 is 0 Å². The van der Waals surface area contributed by atoms with Crippen LogP contribution < -0.4 is 5.32 Å². The van der Waals surface area contributed by atoms with Crippen LogP contribution in [0.2, 0.25) is 0 Å². The number of likely N-dealkylation sites (N-methyl/N-ethyl adjacent to an activating group) is 1. The number of carbonyl (C=O) groups is 1. The topological polar surface area (TPSA) is 35.6 Å². The van der Waals surface area contributed by atoms with E-state index in [1.807, 2.05) is 25.9 Å². The Kier molecular flexibility index (Phi) is 5.92. The number of likely N-dealkylation sites (tertiary alicyclic amines) is 1. The summed E-state index contributed by atoms with van der Waals surface area (Å²) in [4.78, 5) is 16.3. The molecule has 1 fully saturated rings. The summed E-state index contributed by atoms with van der Waals surface area (Å²) in [6.07, 6.45) is 2.30. The van der Waals surface area contributed by atoms with Gasteiger partial charge in [0, 0.05) is 26.2 Å². The molecule has 1 aliphatic heterocycles. The van der Waals surface area contributed by atoms with Gasteiger partial charge in [0.05, 0.1) is 6.04 Å². The molecule has 1 N–H and O–H groups in total. The maximum absolute atomic E-state index is 12.1.